The number of nitrogens with zero attached hydrogens (tertiary/aromatic N) is 4. The van der Waals surface area contributed by atoms with Crippen LogP contribution in [0.1, 0.15) is 30.3 Å². The fraction of sp³-hybridized carbons (Fsp3) is 0.400. The minimum atomic E-state index is -0.0777. The van der Waals surface area contributed by atoms with Gasteiger partial charge in [-0.1, -0.05) is 37.3 Å². The molecule has 4 rings (SSSR count). The zero-order chi connectivity index (χ0) is 21.6. The van der Waals surface area contributed by atoms with E-state index in [4.69, 9.17) is 0 Å². The molecule has 1 N–H and O–H groups in total. The van der Waals surface area contributed by atoms with Crippen LogP contribution in [0.4, 0.5) is 0 Å². The first-order valence-electron chi connectivity index (χ1n) is 11.1. The summed E-state index contributed by atoms with van der Waals surface area (Å²) < 4.78 is 0. The molecule has 1 aliphatic rings. The molecular formula is C25H31N5O. The lowest BCUT2D eigenvalue weighted by atomic mass is 9.91. The zero-order valence-electron chi connectivity index (χ0n) is 18.4. The topological polar surface area (TPSA) is 65.1 Å². The number of pyridine rings is 1. The Morgan fingerprint density at radius 2 is 2.03 bits per heavy atom. The number of hydrogen-bond acceptors (Lipinski definition) is 4. The Hall–Kier alpha value is -2.99. The quantitative estimate of drug-likeness (QED) is 0.637. The van der Waals surface area contributed by atoms with Gasteiger partial charge in [0, 0.05) is 56.4 Å². The summed E-state index contributed by atoms with van der Waals surface area (Å²) in [6, 6.07) is 12.4. The van der Waals surface area contributed by atoms with E-state index in [1.165, 1.54) is 5.56 Å². The fourth-order valence-corrected chi connectivity index (χ4v) is 4.42. The molecule has 1 aromatic carbocycles. The van der Waals surface area contributed by atoms with Crippen molar-refractivity contribution in [3.05, 3.63) is 72.1 Å². The highest BCUT2D eigenvalue weighted by atomic mass is 16.2. The standard InChI is InChI=1S/C25H31N5O/c1-3-11-30-13-12-29(17-24-19(2)27-18-28-24)16-22(25(30)31)14-20-7-4-5-9-23(20)21-8-6-10-26-15-21/h4-10,15,18,22H,3,11-14,16-17H2,1-2H3,(H,27,28)/t22-/m0/s1. The molecule has 1 aliphatic heterocycles. The first-order valence-corrected chi connectivity index (χ1v) is 11.1. The van der Waals surface area contributed by atoms with Crippen LogP contribution in [-0.2, 0) is 17.8 Å². The number of aryl methyl sites for hydroxylation is 1. The zero-order valence-corrected chi connectivity index (χ0v) is 18.4. The van der Waals surface area contributed by atoms with Crippen molar-refractivity contribution in [2.75, 3.05) is 26.2 Å². The van der Waals surface area contributed by atoms with Crippen LogP contribution in [0.3, 0.4) is 0 Å². The Balaban J connectivity index is 1.60. The lowest BCUT2D eigenvalue weighted by Gasteiger charge is -2.24. The molecule has 1 fully saturated rings. The summed E-state index contributed by atoms with van der Waals surface area (Å²) in [4.78, 5) is 29.8. The molecule has 31 heavy (non-hydrogen) atoms. The smallest absolute Gasteiger partial charge is 0.227 e. The van der Waals surface area contributed by atoms with E-state index in [9.17, 15) is 4.79 Å². The van der Waals surface area contributed by atoms with Crippen LogP contribution in [-0.4, -0.2) is 56.8 Å². The van der Waals surface area contributed by atoms with Crippen LogP contribution in [0.15, 0.2) is 55.1 Å². The average molecular weight is 418 g/mol. The third kappa shape index (κ3) is 5.02. The molecule has 2 aromatic heterocycles. The van der Waals surface area contributed by atoms with E-state index in [-0.39, 0.29) is 11.8 Å². The summed E-state index contributed by atoms with van der Waals surface area (Å²) >= 11 is 0. The first kappa shape index (κ1) is 21.2. The van der Waals surface area contributed by atoms with Crippen molar-refractivity contribution < 1.29 is 4.79 Å². The van der Waals surface area contributed by atoms with E-state index in [0.29, 0.717) is 0 Å². The monoisotopic (exact) mass is 417 g/mol. The summed E-state index contributed by atoms with van der Waals surface area (Å²) in [7, 11) is 0. The molecule has 0 aliphatic carbocycles. The van der Waals surface area contributed by atoms with Gasteiger partial charge < -0.3 is 9.88 Å². The van der Waals surface area contributed by atoms with Gasteiger partial charge in [-0.3, -0.25) is 14.7 Å². The van der Waals surface area contributed by atoms with E-state index in [0.717, 1.165) is 68.1 Å². The van der Waals surface area contributed by atoms with E-state index in [1.54, 1.807) is 12.5 Å². The molecule has 6 nitrogen and oxygen atoms in total. The minimum Gasteiger partial charge on any atom is -0.348 e. The van der Waals surface area contributed by atoms with Gasteiger partial charge in [-0.05, 0) is 37.0 Å². The summed E-state index contributed by atoms with van der Waals surface area (Å²) in [6.45, 7) is 8.16. The lowest BCUT2D eigenvalue weighted by Crippen LogP contribution is -2.37. The third-order valence-electron chi connectivity index (χ3n) is 6.08. The van der Waals surface area contributed by atoms with Crippen LogP contribution >= 0.6 is 0 Å². The van der Waals surface area contributed by atoms with Crippen LogP contribution in [0.2, 0.25) is 0 Å². The number of aromatic nitrogens is 3. The van der Waals surface area contributed by atoms with Crippen LogP contribution < -0.4 is 0 Å². The number of benzene rings is 1. The average Bonchev–Trinajstić information content (AvgIpc) is 3.14. The molecule has 0 radical (unpaired) electrons. The van der Waals surface area contributed by atoms with Crippen molar-refractivity contribution in [1.82, 2.24) is 24.8 Å². The molecule has 0 unspecified atom stereocenters. The van der Waals surface area contributed by atoms with E-state index >= 15 is 0 Å². The molecule has 0 bridgehead atoms. The molecule has 1 atom stereocenters. The maximum atomic E-state index is 13.5. The van der Waals surface area contributed by atoms with Crippen molar-refractivity contribution in [1.29, 1.82) is 0 Å². The Labute approximate surface area is 184 Å². The molecule has 0 saturated carbocycles. The van der Waals surface area contributed by atoms with Gasteiger partial charge in [0.05, 0.1) is 17.9 Å². The normalized spacial score (nSPS) is 17.7. The van der Waals surface area contributed by atoms with Gasteiger partial charge in [-0.15, -0.1) is 0 Å². The molecular weight excluding hydrogens is 386 g/mol. The Morgan fingerprint density at radius 1 is 1.16 bits per heavy atom. The first-order chi connectivity index (χ1) is 15.2. The highest BCUT2D eigenvalue weighted by molar-refractivity contribution is 5.80. The van der Waals surface area contributed by atoms with Crippen molar-refractivity contribution in [2.45, 2.75) is 33.2 Å². The number of hydrogen-bond donors (Lipinski definition) is 1. The maximum absolute atomic E-state index is 13.5. The second-order valence-corrected chi connectivity index (χ2v) is 8.33. The van der Waals surface area contributed by atoms with Gasteiger partial charge in [0.1, 0.15) is 0 Å². The van der Waals surface area contributed by atoms with Crippen LogP contribution in [0, 0.1) is 12.8 Å². The molecule has 1 saturated heterocycles. The van der Waals surface area contributed by atoms with Gasteiger partial charge in [0.25, 0.3) is 0 Å². The Bertz CT molecular complexity index is 1000. The SMILES string of the molecule is CCCN1CCN(Cc2nc[nH]c2C)C[C@H](Cc2ccccc2-c2cccnc2)C1=O. The predicted molar refractivity (Wildman–Crippen MR) is 122 cm³/mol. The second kappa shape index (κ2) is 9.88. The van der Waals surface area contributed by atoms with Gasteiger partial charge in [0.2, 0.25) is 5.91 Å². The molecule has 6 heteroatoms. The maximum Gasteiger partial charge on any atom is 0.227 e. The molecule has 0 spiro atoms. The number of carbonyl (C=O) groups excluding carboxylic acids is 1. The van der Waals surface area contributed by atoms with Gasteiger partial charge in [0.15, 0.2) is 0 Å². The van der Waals surface area contributed by atoms with Crippen molar-refractivity contribution in [2.24, 2.45) is 5.92 Å². The summed E-state index contributed by atoms with van der Waals surface area (Å²) in [5, 5.41) is 0. The lowest BCUT2D eigenvalue weighted by molar-refractivity contribution is -0.134. The number of H-pyrrole nitrogens is 1. The van der Waals surface area contributed by atoms with Crippen LogP contribution in [0.5, 0.6) is 0 Å². The van der Waals surface area contributed by atoms with Crippen LogP contribution in [0.25, 0.3) is 11.1 Å². The molecule has 1 amide bonds. The fourth-order valence-electron chi connectivity index (χ4n) is 4.42. The van der Waals surface area contributed by atoms with Gasteiger partial charge >= 0.3 is 0 Å². The summed E-state index contributed by atoms with van der Waals surface area (Å²) in [5.41, 5.74) is 5.60. The number of nitrogens with one attached hydrogen (secondary N) is 1. The highest BCUT2D eigenvalue weighted by Crippen LogP contribution is 2.27. The van der Waals surface area contributed by atoms with Crippen molar-refractivity contribution >= 4 is 5.91 Å². The molecule has 3 heterocycles. The number of aromatic amines is 1. The Morgan fingerprint density at radius 3 is 2.77 bits per heavy atom. The number of amides is 1. The number of rotatable bonds is 7. The number of imidazole rings is 1. The second-order valence-electron chi connectivity index (χ2n) is 8.33. The Kier molecular flexibility index (Phi) is 6.77. The van der Waals surface area contributed by atoms with E-state index in [2.05, 4.69) is 68.9 Å². The summed E-state index contributed by atoms with van der Waals surface area (Å²) in [6.07, 6.45) is 7.13. The molecule has 3 aromatic rings. The van der Waals surface area contributed by atoms with Crippen molar-refractivity contribution in [3.8, 4) is 11.1 Å². The van der Waals surface area contributed by atoms with E-state index < -0.39 is 0 Å². The molecule has 162 valence electrons. The summed E-state index contributed by atoms with van der Waals surface area (Å²) in [5.74, 6) is 0.190. The number of carbonyl (C=O) groups is 1. The van der Waals surface area contributed by atoms with Crippen molar-refractivity contribution in [3.63, 3.8) is 0 Å². The largest absolute Gasteiger partial charge is 0.348 e. The predicted octanol–water partition coefficient (Wildman–Crippen LogP) is 3.69. The third-order valence-corrected chi connectivity index (χ3v) is 6.08. The highest BCUT2D eigenvalue weighted by Gasteiger charge is 2.31. The minimum absolute atomic E-state index is 0.0777. The van der Waals surface area contributed by atoms with E-state index in [1.807, 2.05) is 12.3 Å². The van der Waals surface area contributed by atoms with Gasteiger partial charge in [-0.25, -0.2) is 4.98 Å². The van der Waals surface area contributed by atoms with Gasteiger partial charge in [-0.2, -0.15) is 0 Å².